The van der Waals surface area contributed by atoms with Gasteiger partial charge in [0.2, 0.25) is 5.88 Å². The first-order chi connectivity index (χ1) is 7.29. The summed E-state index contributed by atoms with van der Waals surface area (Å²) in [5.74, 6) is -5.82. The fourth-order valence-corrected chi connectivity index (χ4v) is 1.44. The van der Waals surface area contributed by atoms with E-state index in [-0.39, 0.29) is 11.4 Å². The number of nitrogens with zero attached hydrogens (tertiary/aromatic N) is 2. The molecule has 0 unspecified atom stereocenters. The maximum atomic E-state index is 13.0. The predicted molar refractivity (Wildman–Crippen MR) is 50.8 cm³/mol. The van der Waals surface area contributed by atoms with E-state index < -0.39 is 18.3 Å². The number of aryl methyl sites for hydroxylation is 2. The number of carboxylic acid groups (broad SMARTS) is 1. The zero-order chi connectivity index (χ0) is 12.5. The van der Waals surface area contributed by atoms with E-state index in [9.17, 15) is 13.6 Å². The first-order valence-corrected chi connectivity index (χ1v) is 4.47. The van der Waals surface area contributed by atoms with Gasteiger partial charge in [0.1, 0.15) is 0 Å². The van der Waals surface area contributed by atoms with Crippen LogP contribution in [0.1, 0.15) is 11.3 Å². The summed E-state index contributed by atoms with van der Waals surface area (Å²) < 4.78 is 32.3. The Bertz CT molecular complexity index is 415. The van der Waals surface area contributed by atoms with Crippen molar-refractivity contribution in [3.05, 3.63) is 11.3 Å². The van der Waals surface area contributed by atoms with Gasteiger partial charge < -0.3 is 9.84 Å². The Balaban J connectivity index is 3.10. The van der Waals surface area contributed by atoms with Crippen LogP contribution in [0.15, 0.2) is 0 Å². The Kier molecular flexibility index (Phi) is 3.16. The van der Waals surface area contributed by atoms with Crippen LogP contribution in [0.4, 0.5) is 8.78 Å². The van der Waals surface area contributed by atoms with Crippen LogP contribution in [0.25, 0.3) is 0 Å². The van der Waals surface area contributed by atoms with Crippen molar-refractivity contribution < 1.29 is 23.4 Å². The normalized spacial score (nSPS) is 11.6. The fraction of sp³-hybridized carbons (Fsp3) is 0.556. The summed E-state index contributed by atoms with van der Waals surface area (Å²) >= 11 is 0. The smallest absolute Gasteiger partial charge is 0.374 e. The molecule has 90 valence electrons. The monoisotopic (exact) mass is 234 g/mol. The average molecular weight is 234 g/mol. The Hall–Kier alpha value is -1.66. The summed E-state index contributed by atoms with van der Waals surface area (Å²) in [6.07, 6.45) is -0.925. The van der Waals surface area contributed by atoms with Gasteiger partial charge >= 0.3 is 11.9 Å². The van der Waals surface area contributed by atoms with Gasteiger partial charge in [-0.25, -0.2) is 9.48 Å². The van der Waals surface area contributed by atoms with Crippen LogP contribution in [0.2, 0.25) is 0 Å². The SMILES string of the molecule is COc1c(CC(F)(F)C(=O)O)c(C)nn1C. The first kappa shape index (κ1) is 12.4. The van der Waals surface area contributed by atoms with E-state index in [0.717, 1.165) is 0 Å². The zero-order valence-electron chi connectivity index (χ0n) is 9.12. The van der Waals surface area contributed by atoms with Gasteiger partial charge in [0.15, 0.2) is 0 Å². The lowest BCUT2D eigenvalue weighted by Gasteiger charge is -2.11. The maximum Gasteiger partial charge on any atom is 0.374 e. The highest BCUT2D eigenvalue weighted by Crippen LogP contribution is 2.28. The van der Waals surface area contributed by atoms with Crippen molar-refractivity contribution in [2.75, 3.05) is 7.11 Å². The highest BCUT2D eigenvalue weighted by Gasteiger charge is 2.41. The summed E-state index contributed by atoms with van der Waals surface area (Å²) in [5.41, 5.74) is 0.442. The second-order valence-electron chi connectivity index (χ2n) is 3.38. The van der Waals surface area contributed by atoms with Gasteiger partial charge in [-0.3, -0.25) is 0 Å². The minimum absolute atomic E-state index is 0.109. The van der Waals surface area contributed by atoms with Crippen molar-refractivity contribution in [2.45, 2.75) is 19.3 Å². The van der Waals surface area contributed by atoms with E-state index in [1.165, 1.54) is 25.8 Å². The fourth-order valence-electron chi connectivity index (χ4n) is 1.44. The van der Waals surface area contributed by atoms with Crippen molar-refractivity contribution in [3.63, 3.8) is 0 Å². The number of ether oxygens (including phenoxy) is 1. The van der Waals surface area contributed by atoms with E-state index in [1.807, 2.05) is 0 Å². The molecular formula is C9H12F2N2O3. The number of methoxy groups -OCH3 is 1. The van der Waals surface area contributed by atoms with Crippen LogP contribution >= 0.6 is 0 Å². The number of hydrogen-bond acceptors (Lipinski definition) is 3. The molecule has 7 heteroatoms. The molecule has 0 radical (unpaired) electrons. The lowest BCUT2D eigenvalue weighted by Crippen LogP contribution is -2.31. The standard InChI is InChI=1S/C9H12F2N2O3/c1-5-6(4-9(10,11)8(14)15)7(16-3)13(2)12-5/h4H2,1-3H3,(H,14,15). The Morgan fingerprint density at radius 3 is 2.62 bits per heavy atom. The number of alkyl halides is 2. The molecule has 1 N–H and O–H groups in total. The van der Waals surface area contributed by atoms with Gasteiger partial charge in [0, 0.05) is 12.6 Å². The van der Waals surface area contributed by atoms with Gasteiger partial charge in [0.25, 0.3) is 0 Å². The number of aromatic nitrogens is 2. The molecular weight excluding hydrogens is 222 g/mol. The molecule has 1 heterocycles. The molecule has 0 aliphatic rings. The average Bonchev–Trinajstić information content (AvgIpc) is 2.40. The number of carboxylic acids is 1. The van der Waals surface area contributed by atoms with Crippen LogP contribution in [-0.4, -0.2) is 33.9 Å². The molecule has 16 heavy (non-hydrogen) atoms. The van der Waals surface area contributed by atoms with Crippen LogP contribution in [0.5, 0.6) is 5.88 Å². The molecule has 0 aromatic carbocycles. The summed E-state index contributed by atoms with van der Waals surface area (Å²) in [7, 11) is 2.85. The first-order valence-electron chi connectivity index (χ1n) is 4.47. The molecule has 0 fully saturated rings. The number of carbonyl (C=O) groups is 1. The van der Waals surface area contributed by atoms with E-state index in [2.05, 4.69) is 5.10 Å². The third kappa shape index (κ3) is 2.12. The number of aliphatic carboxylic acids is 1. The lowest BCUT2D eigenvalue weighted by atomic mass is 10.1. The molecule has 0 saturated heterocycles. The largest absolute Gasteiger partial charge is 0.481 e. The van der Waals surface area contributed by atoms with Gasteiger partial charge in [0.05, 0.1) is 19.2 Å². The van der Waals surface area contributed by atoms with Gasteiger partial charge in [-0.1, -0.05) is 0 Å². The minimum Gasteiger partial charge on any atom is -0.481 e. The Morgan fingerprint density at radius 1 is 1.62 bits per heavy atom. The second-order valence-corrected chi connectivity index (χ2v) is 3.38. The minimum atomic E-state index is -3.82. The zero-order valence-corrected chi connectivity index (χ0v) is 9.12. The van der Waals surface area contributed by atoms with Crippen LogP contribution in [-0.2, 0) is 18.3 Å². The quantitative estimate of drug-likeness (QED) is 0.844. The third-order valence-corrected chi connectivity index (χ3v) is 2.19. The third-order valence-electron chi connectivity index (χ3n) is 2.19. The van der Waals surface area contributed by atoms with Crippen molar-refractivity contribution in [2.24, 2.45) is 7.05 Å². The van der Waals surface area contributed by atoms with Crippen LogP contribution in [0.3, 0.4) is 0 Å². The van der Waals surface area contributed by atoms with Crippen molar-refractivity contribution in [3.8, 4) is 5.88 Å². The Labute approximate surface area is 90.6 Å². The van der Waals surface area contributed by atoms with Gasteiger partial charge in [-0.05, 0) is 6.92 Å². The van der Waals surface area contributed by atoms with E-state index in [4.69, 9.17) is 9.84 Å². The number of halogens is 2. The molecule has 0 aliphatic carbocycles. The van der Waals surface area contributed by atoms with Crippen molar-refractivity contribution >= 4 is 5.97 Å². The number of hydrogen-bond donors (Lipinski definition) is 1. The molecule has 1 rings (SSSR count). The summed E-state index contributed by atoms with van der Waals surface area (Å²) in [4.78, 5) is 10.3. The van der Waals surface area contributed by atoms with E-state index >= 15 is 0 Å². The molecule has 0 amide bonds. The molecule has 0 saturated carbocycles. The molecule has 1 aromatic rings. The molecule has 5 nitrogen and oxygen atoms in total. The van der Waals surface area contributed by atoms with E-state index in [1.54, 1.807) is 0 Å². The maximum absolute atomic E-state index is 13.0. The number of rotatable bonds is 4. The molecule has 0 atom stereocenters. The summed E-state index contributed by atoms with van der Waals surface area (Å²) in [5, 5.41) is 12.2. The topological polar surface area (TPSA) is 64.3 Å². The van der Waals surface area contributed by atoms with Gasteiger partial charge in [-0.15, -0.1) is 0 Å². The van der Waals surface area contributed by atoms with Gasteiger partial charge in [-0.2, -0.15) is 13.9 Å². The molecule has 0 bridgehead atoms. The van der Waals surface area contributed by atoms with Crippen LogP contribution < -0.4 is 4.74 Å². The summed E-state index contributed by atoms with van der Waals surface area (Å²) in [6.45, 7) is 1.52. The highest BCUT2D eigenvalue weighted by atomic mass is 19.3. The molecule has 0 spiro atoms. The summed E-state index contributed by atoms with van der Waals surface area (Å²) in [6, 6.07) is 0. The predicted octanol–water partition coefficient (Wildman–Crippen LogP) is 1.000. The Morgan fingerprint density at radius 2 is 2.19 bits per heavy atom. The molecule has 1 aromatic heterocycles. The highest BCUT2D eigenvalue weighted by molar-refractivity contribution is 5.75. The lowest BCUT2D eigenvalue weighted by molar-refractivity contribution is -0.164. The van der Waals surface area contributed by atoms with Crippen LogP contribution in [0, 0.1) is 6.92 Å². The second kappa shape index (κ2) is 4.07. The van der Waals surface area contributed by atoms with E-state index in [0.29, 0.717) is 5.69 Å². The van der Waals surface area contributed by atoms with Crippen molar-refractivity contribution in [1.29, 1.82) is 0 Å². The van der Waals surface area contributed by atoms with Crippen molar-refractivity contribution in [1.82, 2.24) is 9.78 Å². The molecule has 0 aliphatic heterocycles.